The SMILES string of the molecule is CC(C)N(CCc1cccs1)CC(=O)O. The van der Waals surface area contributed by atoms with Crippen LogP contribution in [0.5, 0.6) is 0 Å². The molecule has 3 nitrogen and oxygen atoms in total. The zero-order valence-corrected chi connectivity index (χ0v) is 9.96. The molecular weight excluding hydrogens is 210 g/mol. The van der Waals surface area contributed by atoms with E-state index < -0.39 is 5.97 Å². The normalized spacial score (nSPS) is 11.2. The van der Waals surface area contributed by atoms with Gasteiger partial charge in [-0.25, -0.2) is 0 Å². The number of rotatable bonds is 6. The molecule has 15 heavy (non-hydrogen) atoms. The lowest BCUT2D eigenvalue weighted by atomic mass is 10.2. The lowest BCUT2D eigenvalue weighted by Crippen LogP contribution is -2.37. The van der Waals surface area contributed by atoms with Gasteiger partial charge >= 0.3 is 5.97 Å². The Morgan fingerprint density at radius 1 is 1.60 bits per heavy atom. The van der Waals surface area contributed by atoms with Gasteiger partial charge in [0, 0.05) is 17.5 Å². The van der Waals surface area contributed by atoms with Crippen LogP contribution in [0.2, 0.25) is 0 Å². The summed E-state index contributed by atoms with van der Waals surface area (Å²) in [5.74, 6) is -0.755. The third-order valence-corrected chi connectivity index (χ3v) is 3.23. The van der Waals surface area contributed by atoms with Crippen molar-refractivity contribution in [1.29, 1.82) is 0 Å². The van der Waals surface area contributed by atoms with Crippen LogP contribution in [0, 0.1) is 0 Å². The van der Waals surface area contributed by atoms with Crippen LogP contribution in [0.3, 0.4) is 0 Å². The van der Waals surface area contributed by atoms with Gasteiger partial charge in [0.25, 0.3) is 0 Å². The second-order valence-electron chi connectivity index (χ2n) is 3.79. The molecule has 0 aliphatic rings. The highest BCUT2D eigenvalue weighted by molar-refractivity contribution is 7.09. The minimum Gasteiger partial charge on any atom is -0.480 e. The molecular formula is C11H17NO2S. The first-order valence-electron chi connectivity index (χ1n) is 5.08. The first kappa shape index (κ1) is 12.2. The van der Waals surface area contributed by atoms with Crippen molar-refractivity contribution >= 4 is 17.3 Å². The lowest BCUT2D eigenvalue weighted by molar-refractivity contribution is -0.138. The maximum atomic E-state index is 10.6. The van der Waals surface area contributed by atoms with E-state index in [1.54, 1.807) is 11.3 Å². The Kier molecular flexibility index (Phi) is 4.78. The summed E-state index contributed by atoms with van der Waals surface area (Å²) in [6, 6.07) is 4.39. The van der Waals surface area contributed by atoms with E-state index in [1.165, 1.54) is 4.88 Å². The Morgan fingerprint density at radius 2 is 2.33 bits per heavy atom. The number of thiophene rings is 1. The molecule has 0 aliphatic carbocycles. The van der Waals surface area contributed by atoms with Crippen molar-refractivity contribution in [3.8, 4) is 0 Å². The van der Waals surface area contributed by atoms with Gasteiger partial charge < -0.3 is 5.11 Å². The van der Waals surface area contributed by atoms with E-state index >= 15 is 0 Å². The molecule has 0 radical (unpaired) electrons. The molecule has 0 fully saturated rings. The van der Waals surface area contributed by atoms with Crippen molar-refractivity contribution in [2.75, 3.05) is 13.1 Å². The second-order valence-corrected chi connectivity index (χ2v) is 4.82. The maximum absolute atomic E-state index is 10.6. The molecule has 0 amide bonds. The number of carbonyl (C=O) groups is 1. The van der Waals surface area contributed by atoms with Crippen LogP contribution in [0.15, 0.2) is 17.5 Å². The van der Waals surface area contributed by atoms with Crippen molar-refractivity contribution < 1.29 is 9.90 Å². The predicted molar refractivity (Wildman–Crippen MR) is 62.4 cm³/mol. The van der Waals surface area contributed by atoms with Crippen molar-refractivity contribution in [1.82, 2.24) is 4.90 Å². The van der Waals surface area contributed by atoms with Gasteiger partial charge in [0.1, 0.15) is 0 Å². The highest BCUT2D eigenvalue weighted by Gasteiger charge is 2.12. The maximum Gasteiger partial charge on any atom is 0.317 e. The number of hydrogen-bond acceptors (Lipinski definition) is 3. The second kappa shape index (κ2) is 5.88. The molecule has 0 bridgehead atoms. The number of aliphatic carboxylic acids is 1. The van der Waals surface area contributed by atoms with E-state index in [0.29, 0.717) is 0 Å². The quantitative estimate of drug-likeness (QED) is 0.809. The van der Waals surface area contributed by atoms with Gasteiger partial charge in [0.15, 0.2) is 0 Å². The first-order valence-corrected chi connectivity index (χ1v) is 5.96. The van der Waals surface area contributed by atoms with E-state index in [-0.39, 0.29) is 12.6 Å². The summed E-state index contributed by atoms with van der Waals surface area (Å²) in [7, 11) is 0. The number of nitrogens with zero attached hydrogens (tertiary/aromatic N) is 1. The van der Waals surface area contributed by atoms with Gasteiger partial charge in [-0.2, -0.15) is 0 Å². The summed E-state index contributed by atoms with van der Waals surface area (Å²) in [6.45, 7) is 4.99. The molecule has 0 aromatic carbocycles. The summed E-state index contributed by atoms with van der Waals surface area (Å²) in [5, 5.41) is 10.8. The topological polar surface area (TPSA) is 40.5 Å². The Labute approximate surface area is 94.3 Å². The molecule has 4 heteroatoms. The molecule has 0 saturated carbocycles. The Hall–Kier alpha value is -0.870. The molecule has 0 saturated heterocycles. The van der Waals surface area contributed by atoms with Gasteiger partial charge in [-0.1, -0.05) is 6.07 Å². The Bertz CT molecular complexity index is 296. The van der Waals surface area contributed by atoms with Crippen molar-refractivity contribution in [2.45, 2.75) is 26.3 Å². The van der Waals surface area contributed by atoms with Gasteiger partial charge in [-0.3, -0.25) is 9.69 Å². The molecule has 0 aliphatic heterocycles. The fourth-order valence-electron chi connectivity index (χ4n) is 1.40. The van der Waals surface area contributed by atoms with Crippen molar-refractivity contribution in [3.63, 3.8) is 0 Å². The average molecular weight is 227 g/mol. The van der Waals surface area contributed by atoms with E-state index in [9.17, 15) is 4.79 Å². The van der Waals surface area contributed by atoms with E-state index in [1.807, 2.05) is 30.2 Å². The van der Waals surface area contributed by atoms with Crippen LogP contribution in [0.1, 0.15) is 18.7 Å². The summed E-state index contributed by atoms with van der Waals surface area (Å²) < 4.78 is 0. The molecule has 1 heterocycles. The largest absolute Gasteiger partial charge is 0.480 e. The Morgan fingerprint density at radius 3 is 2.80 bits per heavy atom. The Balaban J connectivity index is 2.41. The lowest BCUT2D eigenvalue weighted by Gasteiger charge is -2.23. The molecule has 1 N–H and O–H groups in total. The highest BCUT2D eigenvalue weighted by Crippen LogP contribution is 2.10. The zero-order valence-electron chi connectivity index (χ0n) is 9.14. The van der Waals surface area contributed by atoms with Crippen LogP contribution in [0.25, 0.3) is 0 Å². The first-order chi connectivity index (χ1) is 7.09. The smallest absolute Gasteiger partial charge is 0.317 e. The van der Waals surface area contributed by atoms with Crippen LogP contribution in [-0.4, -0.2) is 35.1 Å². The third kappa shape index (κ3) is 4.44. The average Bonchev–Trinajstić information content (AvgIpc) is 2.63. The van der Waals surface area contributed by atoms with Gasteiger partial charge in [0.05, 0.1) is 6.54 Å². The fraction of sp³-hybridized carbons (Fsp3) is 0.545. The van der Waals surface area contributed by atoms with E-state index in [0.717, 1.165) is 13.0 Å². The number of hydrogen-bond donors (Lipinski definition) is 1. The molecule has 0 spiro atoms. The summed E-state index contributed by atoms with van der Waals surface area (Å²) >= 11 is 1.72. The highest BCUT2D eigenvalue weighted by atomic mass is 32.1. The van der Waals surface area contributed by atoms with Crippen molar-refractivity contribution in [2.24, 2.45) is 0 Å². The van der Waals surface area contributed by atoms with E-state index in [4.69, 9.17) is 5.11 Å². The van der Waals surface area contributed by atoms with E-state index in [2.05, 4.69) is 6.07 Å². The minimum atomic E-state index is -0.755. The third-order valence-electron chi connectivity index (χ3n) is 2.29. The minimum absolute atomic E-state index is 0.128. The van der Waals surface area contributed by atoms with Crippen molar-refractivity contribution in [3.05, 3.63) is 22.4 Å². The summed E-state index contributed by atoms with van der Waals surface area (Å²) in [4.78, 5) is 13.9. The number of carboxylic acid groups (broad SMARTS) is 1. The molecule has 1 aromatic rings. The van der Waals surface area contributed by atoms with Gasteiger partial charge in [0.2, 0.25) is 0 Å². The zero-order chi connectivity index (χ0) is 11.3. The van der Waals surface area contributed by atoms with Gasteiger partial charge in [-0.15, -0.1) is 11.3 Å². The number of carboxylic acids is 1. The van der Waals surface area contributed by atoms with Gasteiger partial charge in [-0.05, 0) is 31.7 Å². The van der Waals surface area contributed by atoms with Crippen LogP contribution < -0.4 is 0 Å². The van der Waals surface area contributed by atoms with Crippen LogP contribution >= 0.6 is 11.3 Å². The molecule has 1 aromatic heterocycles. The molecule has 1 rings (SSSR count). The molecule has 0 unspecified atom stereocenters. The molecule has 0 atom stereocenters. The predicted octanol–water partition coefficient (Wildman–Crippen LogP) is 2.09. The molecule has 84 valence electrons. The summed E-state index contributed by atoms with van der Waals surface area (Å²) in [5.41, 5.74) is 0. The monoisotopic (exact) mass is 227 g/mol. The van der Waals surface area contributed by atoms with Crippen LogP contribution in [0.4, 0.5) is 0 Å². The standard InChI is InChI=1S/C11H17NO2S/c1-9(2)12(8-11(13)14)6-5-10-4-3-7-15-10/h3-4,7,9H,5-6,8H2,1-2H3,(H,13,14). The summed E-state index contributed by atoms with van der Waals surface area (Å²) in [6.07, 6.45) is 0.934. The fourth-order valence-corrected chi connectivity index (χ4v) is 2.10. The van der Waals surface area contributed by atoms with Crippen LogP contribution in [-0.2, 0) is 11.2 Å².